The molecule has 0 amide bonds. The van der Waals surface area contributed by atoms with Crippen LogP contribution in [0.1, 0.15) is 23.7 Å². The molecule has 0 aliphatic heterocycles. The molecule has 0 fully saturated rings. The Balaban J connectivity index is 3.15. The summed E-state index contributed by atoms with van der Waals surface area (Å²) in [5.74, 6) is -6.51. The van der Waals surface area contributed by atoms with E-state index in [1.165, 1.54) is 6.92 Å². The van der Waals surface area contributed by atoms with Gasteiger partial charge in [0.15, 0.2) is 11.6 Å². The van der Waals surface area contributed by atoms with E-state index in [4.69, 9.17) is 5.11 Å². The topological polar surface area (TPSA) is 75.6 Å². The van der Waals surface area contributed by atoms with E-state index in [1.54, 1.807) is 0 Å². The van der Waals surface area contributed by atoms with Gasteiger partial charge in [0.25, 0.3) is 0 Å². The fraction of sp³-hybridized carbons (Fsp3) is 0.333. The van der Waals surface area contributed by atoms with Gasteiger partial charge in [-0.2, -0.15) is 0 Å². The van der Waals surface area contributed by atoms with Crippen LogP contribution in [-0.2, 0) is 9.53 Å². The van der Waals surface area contributed by atoms with Crippen molar-refractivity contribution in [2.75, 3.05) is 19.8 Å². The largest absolute Gasteiger partial charge is 0.462 e. The maximum Gasteiger partial charge on any atom is 0.343 e. The number of carbonyl (C=O) groups excluding carboxylic acids is 2. The number of nitrogens with one attached hydrogen (secondary N) is 1. The number of hydrogen-bond acceptors (Lipinski definition) is 5. The van der Waals surface area contributed by atoms with Gasteiger partial charge in [-0.1, -0.05) is 0 Å². The van der Waals surface area contributed by atoms with Gasteiger partial charge in [-0.05, 0) is 19.4 Å². The number of ether oxygens (including phenoxy) is 1. The van der Waals surface area contributed by atoms with Gasteiger partial charge in [-0.3, -0.25) is 4.79 Å². The second kappa shape index (κ2) is 8.94. The first-order chi connectivity index (χ1) is 10.9. The molecule has 0 unspecified atom stereocenters. The number of benzene rings is 1. The predicted octanol–water partition coefficient (Wildman–Crippen LogP) is 1.71. The van der Waals surface area contributed by atoms with Gasteiger partial charge in [-0.15, -0.1) is 0 Å². The standard InChI is InChI=1S/C15H16F3NO4/c1-2-23-15(22)11(8-19-4-3-5-20)14(21)10-6-9(16)7-12(17)13(10)18/h6-8,19-20H,2-5H2,1H3. The Hall–Kier alpha value is -2.35. The van der Waals surface area contributed by atoms with Gasteiger partial charge in [0.05, 0.1) is 12.2 Å². The normalized spacial score (nSPS) is 11.3. The van der Waals surface area contributed by atoms with Crippen LogP contribution in [0, 0.1) is 17.5 Å². The molecule has 2 N–H and O–H groups in total. The maximum absolute atomic E-state index is 13.7. The molecule has 0 saturated heterocycles. The minimum Gasteiger partial charge on any atom is -0.462 e. The molecule has 0 aromatic heterocycles. The van der Waals surface area contributed by atoms with Crippen LogP contribution in [0.15, 0.2) is 23.9 Å². The Labute approximate surface area is 130 Å². The van der Waals surface area contributed by atoms with Crippen LogP contribution < -0.4 is 5.32 Å². The van der Waals surface area contributed by atoms with E-state index in [0.717, 1.165) is 6.20 Å². The molecular formula is C15H16F3NO4. The van der Waals surface area contributed by atoms with Crippen molar-refractivity contribution in [2.45, 2.75) is 13.3 Å². The summed E-state index contributed by atoms with van der Waals surface area (Å²) in [7, 11) is 0. The fourth-order valence-corrected chi connectivity index (χ4v) is 1.65. The molecule has 1 aromatic rings. The van der Waals surface area contributed by atoms with Crippen LogP contribution in [0.5, 0.6) is 0 Å². The average Bonchev–Trinajstić information content (AvgIpc) is 2.50. The molecule has 0 aliphatic rings. The summed E-state index contributed by atoms with van der Waals surface area (Å²) in [6.07, 6.45) is 1.31. The Kier molecular flexibility index (Phi) is 7.27. The molecule has 126 valence electrons. The Morgan fingerprint density at radius 2 is 2.00 bits per heavy atom. The minimum atomic E-state index is -1.55. The zero-order valence-corrected chi connectivity index (χ0v) is 12.4. The molecule has 5 nitrogen and oxygen atoms in total. The first-order valence-corrected chi connectivity index (χ1v) is 6.83. The first-order valence-electron chi connectivity index (χ1n) is 6.83. The molecule has 0 bridgehead atoms. The summed E-state index contributed by atoms with van der Waals surface area (Å²) < 4.78 is 44.8. The van der Waals surface area contributed by atoms with E-state index >= 15 is 0 Å². The lowest BCUT2D eigenvalue weighted by molar-refractivity contribution is -0.138. The zero-order valence-electron chi connectivity index (χ0n) is 12.4. The van der Waals surface area contributed by atoms with Crippen molar-refractivity contribution in [2.24, 2.45) is 0 Å². The molecule has 23 heavy (non-hydrogen) atoms. The summed E-state index contributed by atoms with van der Waals surface area (Å²) in [6, 6.07) is 0.793. The van der Waals surface area contributed by atoms with Crippen LogP contribution in [0.3, 0.4) is 0 Å². The van der Waals surface area contributed by atoms with Crippen LogP contribution >= 0.6 is 0 Å². The van der Waals surface area contributed by atoms with Crippen molar-refractivity contribution in [3.05, 3.63) is 46.9 Å². The molecule has 0 spiro atoms. The number of aliphatic hydroxyl groups is 1. The van der Waals surface area contributed by atoms with Gasteiger partial charge < -0.3 is 15.2 Å². The highest BCUT2D eigenvalue weighted by Crippen LogP contribution is 2.18. The number of hydrogen-bond donors (Lipinski definition) is 2. The number of esters is 1. The van der Waals surface area contributed by atoms with Crippen molar-refractivity contribution < 1.29 is 32.6 Å². The molecule has 0 atom stereocenters. The van der Waals surface area contributed by atoms with Gasteiger partial charge in [-0.25, -0.2) is 18.0 Å². The molecular weight excluding hydrogens is 315 g/mol. The Morgan fingerprint density at radius 3 is 2.61 bits per heavy atom. The predicted molar refractivity (Wildman–Crippen MR) is 75.1 cm³/mol. The van der Waals surface area contributed by atoms with Gasteiger partial charge in [0.1, 0.15) is 11.4 Å². The van der Waals surface area contributed by atoms with Crippen molar-refractivity contribution in [1.82, 2.24) is 5.32 Å². The summed E-state index contributed by atoms with van der Waals surface area (Å²) in [4.78, 5) is 24.0. The third kappa shape index (κ3) is 5.10. The molecule has 1 rings (SSSR count). The monoisotopic (exact) mass is 331 g/mol. The van der Waals surface area contributed by atoms with Crippen molar-refractivity contribution in [1.29, 1.82) is 0 Å². The maximum atomic E-state index is 13.7. The fourth-order valence-electron chi connectivity index (χ4n) is 1.65. The quantitative estimate of drug-likeness (QED) is 0.144. The highest BCUT2D eigenvalue weighted by molar-refractivity contribution is 6.24. The number of carbonyl (C=O) groups is 2. The summed E-state index contributed by atoms with van der Waals surface area (Å²) >= 11 is 0. The van der Waals surface area contributed by atoms with Crippen LogP contribution in [0.2, 0.25) is 0 Å². The number of rotatable bonds is 8. The number of Topliss-reactive ketones (excluding diaryl/α,β-unsaturated/α-hetero) is 1. The second-order valence-electron chi connectivity index (χ2n) is 4.39. The van der Waals surface area contributed by atoms with E-state index in [0.29, 0.717) is 18.6 Å². The second-order valence-corrected chi connectivity index (χ2v) is 4.39. The summed E-state index contributed by atoms with van der Waals surface area (Å²) in [5.41, 5.74) is -1.51. The van der Waals surface area contributed by atoms with Crippen molar-refractivity contribution >= 4 is 11.8 Å². The lowest BCUT2D eigenvalue weighted by Gasteiger charge is -2.09. The molecule has 8 heteroatoms. The van der Waals surface area contributed by atoms with E-state index in [-0.39, 0.29) is 19.8 Å². The number of aliphatic hydroxyl groups excluding tert-OH is 1. The van der Waals surface area contributed by atoms with Gasteiger partial charge in [0.2, 0.25) is 5.78 Å². The van der Waals surface area contributed by atoms with Crippen LogP contribution in [-0.4, -0.2) is 36.6 Å². The molecule has 0 radical (unpaired) electrons. The minimum absolute atomic E-state index is 0.0416. The lowest BCUT2D eigenvalue weighted by Crippen LogP contribution is -2.21. The first kappa shape index (κ1) is 18.7. The van der Waals surface area contributed by atoms with E-state index in [2.05, 4.69) is 10.1 Å². The molecule has 0 heterocycles. The smallest absolute Gasteiger partial charge is 0.343 e. The SMILES string of the molecule is CCOC(=O)C(=CNCCCO)C(=O)c1cc(F)cc(F)c1F. The Morgan fingerprint density at radius 1 is 1.30 bits per heavy atom. The number of halogens is 3. The van der Waals surface area contributed by atoms with Crippen LogP contribution in [0.4, 0.5) is 13.2 Å². The summed E-state index contributed by atoms with van der Waals surface area (Å²) in [6.45, 7) is 1.57. The van der Waals surface area contributed by atoms with Crippen molar-refractivity contribution in [3.8, 4) is 0 Å². The molecule has 0 aliphatic carbocycles. The van der Waals surface area contributed by atoms with Gasteiger partial charge in [0, 0.05) is 25.4 Å². The van der Waals surface area contributed by atoms with Gasteiger partial charge >= 0.3 is 5.97 Å². The molecule has 1 aromatic carbocycles. The highest BCUT2D eigenvalue weighted by Gasteiger charge is 2.26. The number of ketones is 1. The van der Waals surface area contributed by atoms with Crippen molar-refractivity contribution in [3.63, 3.8) is 0 Å². The third-order valence-corrected chi connectivity index (χ3v) is 2.70. The van der Waals surface area contributed by atoms with E-state index in [1.807, 2.05) is 0 Å². The van der Waals surface area contributed by atoms with Crippen LogP contribution in [0.25, 0.3) is 0 Å². The summed E-state index contributed by atoms with van der Waals surface area (Å²) in [5, 5.41) is 11.2. The van der Waals surface area contributed by atoms with E-state index in [9.17, 15) is 22.8 Å². The lowest BCUT2D eigenvalue weighted by atomic mass is 10.0. The third-order valence-electron chi connectivity index (χ3n) is 2.70. The van der Waals surface area contributed by atoms with E-state index < -0.39 is 40.3 Å². The zero-order chi connectivity index (χ0) is 17.4. The molecule has 0 saturated carbocycles. The Bertz CT molecular complexity index is 617. The average molecular weight is 331 g/mol. The highest BCUT2D eigenvalue weighted by atomic mass is 19.2.